The molecule has 9 N–H and O–H groups in total. The zero-order valence-electron chi connectivity index (χ0n) is 23.2. The van der Waals surface area contributed by atoms with E-state index in [9.17, 15) is 22.8 Å². The molecule has 4 rings (SSSR count). The van der Waals surface area contributed by atoms with Crippen molar-refractivity contribution >= 4 is 47.0 Å². The molecule has 2 aromatic carbocycles. The van der Waals surface area contributed by atoms with Crippen molar-refractivity contribution in [2.75, 3.05) is 23.8 Å². The number of nitrogens with zero attached hydrogens (tertiary/aromatic N) is 4. The van der Waals surface area contributed by atoms with Crippen LogP contribution in [0.25, 0.3) is 0 Å². The highest BCUT2D eigenvalue weighted by atomic mass is 35.5. The lowest BCUT2D eigenvalue weighted by Crippen LogP contribution is -2.44. The first-order chi connectivity index (χ1) is 20.8. The number of nitrogens with two attached hydrogens (primary N) is 3. The van der Waals surface area contributed by atoms with E-state index in [2.05, 4.69) is 35.9 Å². The van der Waals surface area contributed by atoms with Gasteiger partial charge in [-0.05, 0) is 67.6 Å². The number of carbonyl (C=O) groups excluding carboxylic acids is 2. The number of aliphatic imine (C=N–C) groups is 1. The molecule has 0 spiro atoms. The minimum Gasteiger partial charge on any atom is -0.454 e. The van der Waals surface area contributed by atoms with Gasteiger partial charge in [-0.2, -0.15) is 28.1 Å². The predicted molar refractivity (Wildman–Crippen MR) is 157 cm³/mol. The summed E-state index contributed by atoms with van der Waals surface area (Å²) in [6, 6.07) is 11.7. The lowest BCUT2D eigenvalue weighted by atomic mass is 10.1. The largest absolute Gasteiger partial charge is 0.454 e. The monoisotopic (exact) mass is 634 g/mol. The molecule has 1 saturated carbocycles. The Labute approximate surface area is 254 Å². The number of carbonyl (C=O) groups is 2. The standard InChI is InChI=1S/C27H30ClF3N10O3/c28-17-7-5-16(6-8-17)26(11-12-26)41-24-38-23(39-25(40-24)44-14-27(29,30)31)36-18-9-3-15(4-10-18)21(43)37-19(20(32)42)2-1-13-35-22(33)34/h3-10,19H,1-2,11-14H2,(H2,32,42)(H,37,43)(H4,33,34,35)(H2,36,38,39,40,41)/t19-/m0/s1. The van der Waals surface area contributed by atoms with Gasteiger partial charge in [-0.1, -0.05) is 23.7 Å². The Morgan fingerprint density at radius 3 is 2.25 bits per heavy atom. The molecular formula is C27H30ClF3N10O3. The molecule has 44 heavy (non-hydrogen) atoms. The van der Waals surface area contributed by atoms with E-state index < -0.39 is 42.2 Å². The second kappa shape index (κ2) is 13.6. The fraction of sp³-hybridized carbons (Fsp3) is 0.333. The van der Waals surface area contributed by atoms with E-state index in [0.717, 1.165) is 18.4 Å². The number of guanidine groups is 1. The van der Waals surface area contributed by atoms with Gasteiger partial charge < -0.3 is 37.9 Å². The highest BCUT2D eigenvalue weighted by Crippen LogP contribution is 2.48. The predicted octanol–water partition coefficient (Wildman–Crippen LogP) is 2.95. The van der Waals surface area contributed by atoms with Gasteiger partial charge in [0.2, 0.25) is 17.8 Å². The maximum Gasteiger partial charge on any atom is 0.422 e. The smallest absolute Gasteiger partial charge is 0.422 e. The molecule has 1 fully saturated rings. The van der Waals surface area contributed by atoms with E-state index in [1.165, 1.54) is 24.3 Å². The van der Waals surface area contributed by atoms with Gasteiger partial charge in [0, 0.05) is 22.8 Å². The SMILES string of the molecule is NC(=O)[C@H](CCCN=C(N)N)NC(=O)c1ccc(Nc2nc(NC3(c4ccc(Cl)cc4)CC3)nc(OCC(F)(F)F)n2)cc1. The summed E-state index contributed by atoms with van der Waals surface area (Å²) in [5.41, 5.74) is 17.0. The summed E-state index contributed by atoms with van der Waals surface area (Å²) < 4.78 is 43.3. The van der Waals surface area contributed by atoms with Crippen molar-refractivity contribution in [3.05, 3.63) is 64.7 Å². The molecule has 1 aliphatic carbocycles. The van der Waals surface area contributed by atoms with Crippen molar-refractivity contribution in [3.8, 4) is 6.01 Å². The summed E-state index contributed by atoms with van der Waals surface area (Å²) in [7, 11) is 0. The quantitative estimate of drug-likeness (QED) is 0.0867. The minimum atomic E-state index is -4.61. The number of primary amides is 1. The van der Waals surface area contributed by atoms with Crippen molar-refractivity contribution in [2.24, 2.45) is 22.2 Å². The van der Waals surface area contributed by atoms with Gasteiger partial charge in [-0.25, -0.2) is 0 Å². The van der Waals surface area contributed by atoms with E-state index in [1.807, 2.05) is 12.1 Å². The van der Waals surface area contributed by atoms with Crippen molar-refractivity contribution < 1.29 is 27.5 Å². The molecule has 3 aromatic rings. The Kier molecular flexibility index (Phi) is 9.93. The van der Waals surface area contributed by atoms with Crippen LogP contribution >= 0.6 is 11.6 Å². The number of amides is 2. The third-order valence-corrected chi connectivity index (χ3v) is 6.73. The summed E-state index contributed by atoms with van der Waals surface area (Å²) in [6.45, 7) is -1.33. The van der Waals surface area contributed by atoms with Crippen LogP contribution in [0.2, 0.25) is 5.02 Å². The molecule has 0 saturated heterocycles. The molecule has 0 aliphatic heterocycles. The van der Waals surface area contributed by atoms with Crippen molar-refractivity contribution in [3.63, 3.8) is 0 Å². The fourth-order valence-electron chi connectivity index (χ4n) is 4.14. The molecule has 0 bridgehead atoms. The first-order valence-electron chi connectivity index (χ1n) is 13.3. The molecule has 17 heteroatoms. The number of alkyl halides is 3. The van der Waals surface area contributed by atoms with Gasteiger partial charge in [-0.15, -0.1) is 0 Å². The zero-order valence-corrected chi connectivity index (χ0v) is 24.0. The van der Waals surface area contributed by atoms with Gasteiger partial charge in [0.05, 0.1) is 5.54 Å². The van der Waals surface area contributed by atoms with Gasteiger partial charge >= 0.3 is 12.2 Å². The molecule has 1 atom stereocenters. The van der Waals surface area contributed by atoms with Crippen molar-refractivity contribution in [2.45, 2.75) is 43.4 Å². The van der Waals surface area contributed by atoms with Gasteiger partial charge in [0.25, 0.3) is 5.91 Å². The summed E-state index contributed by atoms with van der Waals surface area (Å²) in [4.78, 5) is 40.7. The van der Waals surface area contributed by atoms with Crippen LogP contribution in [-0.4, -0.2) is 58.1 Å². The number of hydrogen-bond donors (Lipinski definition) is 6. The third-order valence-electron chi connectivity index (χ3n) is 6.48. The Morgan fingerprint density at radius 2 is 1.66 bits per heavy atom. The number of rotatable bonds is 14. The first-order valence-corrected chi connectivity index (χ1v) is 13.7. The van der Waals surface area contributed by atoms with E-state index >= 15 is 0 Å². The maximum atomic E-state index is 12.8. The normalized spacial score (nSPS) is 14.2. The Morgan fingerprint density at radius 1 is 1.00 bits per heavy atom. The first kappa shape index (κ1) is 32.1. The summed E-state index contributed by atoms with van der Waals surface area (Å²) in [5.74, 6) is -1.45. The van der Waals surface area contributed by atoms with Crippen LogP contribution in [0.3, 0.4) is 0 Å². The highest BCUT2D eigenvalue weighted by molar-refractivity contribution is 6.30. The van der Waals surface area contributed by atoms with Gasteiger partial charge in [0.1, 0.15) is 6.04 Å². The minimum absolute atomic E-state index is 0.000422. The summed E-state index contributed by atoms with van der Waals surface area (Å²) in [6.07, 6.45) is -2.50. The van der Waals surface area contributed by atoms with Crippen molar-refractivity contribution in [1.29, 1.82) is 0 Å². The van der Waals surface area contributed by atoms with Crippen LogP contribution in [0.4, 0.5) is 30.8 Å². The van der Waals surface area contributed by atoms with Crippen LogP contribution in [0.5, 0.6) is 6.01 Å². The molecular weight excluding hydrogens is 605 g/mol. The second-order valence-corrected chi connectivity index (χ2v) is 10.4. The average molecular weight is 635 g/mol. The topological polar surface area (TPSA) is 209 Å². The third kappa shape index (κ3) is 9.32. The molecule has 234 valence electrons. The van der Waals surface area contributed by atoms with Gasteiger partial charge in [-0.3, -0.25) is 14.6 Å². The molecule has 1 heterocycles. The Balaban J connectivity index is 1.47. The maximum absolute atomic E-state index is 12.8. The van der Waals surface area contributed by atoms with Crippen LogP contribution in [0.15, 0.2) is 53.5 Å². The Hall–Kier alpha value is -4.86. The molecule has 0 unspecified atom stereocenters. The van der Waals surface area contributed by atoms with Crippen LogP contribution in [-0.2, 0) is 10.3 Å². The number of anilines is 3. The molecule has 2 amide bonds. The lowest BCUT2D eigenvalue weighted by molar-refractivity contribution is -0.154. The lowest BCUT2D eigenvalue weighted by Gasteiger charge is -2.19. The van der Waals surface area contributed by atoms with E-state index in [1.54, 1.807) is 12.1 Å². The number of halogens is 4. The Bertz CT molecular complexity index is 1500. The summed E-state index contributed by atoms with van der Waals surface area (Å²) >= 11 is 6.00. The van der Waals surface area contributed by atoms with Crippen molar-refractivity contribution in [1.82, 2.24) is 20.3 Å². The molecule has 0 radical (unpaired) electrons. The van der Waals surface area contributed by atoms with Crippen LogP contribution in [0.1, 0.15) is 41.6 Å². The van der Waals surface area contributed by atoms with Gasteiger partial charge in [0.15, 0.2) is 12.6 Å². The highest BCUT2D eigenvalue weighted by Gasteiger charge is 2.45. The number of aromatic nitrogens is 3. The molecule has 13 nitrogen and oxygen atoms in total. The van der Waals surface area contributed by atoms with E-state index in [0.29, 0.717) is 17.1 Å². The number of hydrogen-bond acceptors (Lipinski definition) is 9. The number of nitrogens with one attached hydrogen (secondary N) is 3. The molecule has 1 aliphatic rings. The fourth-order valence-corrected chi connectivity index (χ4v) is 4.26. The van der Waals surface area contributed by atoms with E-state index in [4.69, 9.17) is 33.5 Å². The summed E-state index contributed by atoms with van der Waals surface area (Å²) in [5, 5.41) is 9.21. The van der Waals surface area contributed by atoms with Crippen LogP contribution < -0.4 is 37.9 Å². The number of ether oxygens (including phenoxy) is 1. The molecule has 1 aromatic heterocycles. The number of benzene rings is 2. The average Bonchev–Trinajstić information content (AvgIpc) is 3.73. The second-order valence-electron chi connectivity index (χ2n) is 9.96. The van der Waals surface area contributed by atoms with Crippen LogP contribution in [0, 0.1) is 0 Å². The zero-order chi connectivity index (χ0) is 31.9. The van der Waals surface area contributed by atoms with E-state index in [-0.39, 0.29) is 36.4 Å².